The van der Waals surface area contributed by atoms with Gasteiger partial charge in [0.05, 0.1) is 0 Å². The summed E-state index contributed by atoms with van der Waals surface area (Å²) in [6, 6.07) is 3.18. The molecule has 0 saturated carbocycles. The Bertz CT molecular complexity index is 642. The first-order valence-electron chi connectivity index (χ1n) is 4.40. The van der Waals surface area contributed by atoms with Crippen LogP contribution in [0.2, 0.25) is 5.15 Å². The maximum absolute atomic E-state index is 13.5. The van der Waals surface area contributed by atoms with E-state index >= 15 is 0 Å². The summed E-state index contributed by atoms with van der Waals surface area (Å²) in [5.74, 6) is -4.13. The number of aromatic amines is 1. The highest BCUT2D eigenvalue weighted by Crippen LogP contribution is 2.27. The molecule has 88 valence electrons. The molecule has 0 aliphatic heterocycles. The van der Waals surface area contributed by atoms with E-state index in [1.54, 1.807) is 0 Å². The Morgan fingerprint density at radius 3 is 2.53 bits per heavy atom. The van der Waals surface area contributed by atoms with E-state index in [0.29, 0.717) is 0 Å². The van der Waals surface area contributed by atoms with E-state index in [4.69, 9.17) is 23.8 Å². The summed E-state index contributed by atoms with van der Waals surface area (Å²) in [6.07, 6.45) is 0. The highest BCUT2D eigenvalue weighted by molar-refractivity contribution is 7.71. The predicted octanol–water partition coefficient (Wildman–Crippen LogP) is 3.88. The number of aromatic nitrogens is 2. The molecule has 0 unspecified atom stereocenters. The van der Waals surface area contributed by atoms with Crippen molar-refractivity contribution in [1.82, 2.24) is 10.2 Å². The van der Waals surface area contributed by atoms with Crippen LogP contribution in [0, 0.1) is 22.1 Å². The van der Waals surface area contributed by atoms with Crippen LogP contribution in [0.5, 0.6) is 0 Å². The second-order valence-electron chi connectivity index (χ2n) is 3.16. The molecule has 0 amide bonds. The lowest BCUT2D eigenvalue weighted by Crippen LogP contribution is -1.96. The van der Waals surface area contributed by atoms with Crippen LogP contribution in [-0.2, 0) is 0 Å². The first-order valence-corrected chi connectivity index (χ1v) is 5.18. The standard InChI is InChI=1S/C10H4ClF3N2S/c11-7-3-5(10(17)16-15-7)4-1-2-6(12)9(14)8(4)13/h1-3H,(H,16,17). The third kappa shape index (κ3) is 2.18. The van der Waals surface area contributed by atoms with Crippen molar-refractivity contribution in [3.05, 3.63) is 45.4 Å². The van der Waals surface area contributed by atoms with Gasteiger partial charge in [-0.05, 0) is 18.2 Å². The SMILES string of the molecule is Fc1ccc(-c2cc(Cl)n[nH]c2=S)c(F)c1F. The van der Waals surface area contributed by atoms with Gasteiger partial charge in [0.15, 0.2) is 17.5 Å². The molecule has 2 rings (SSSR count). The van der Waals surface area contributed by atoms with Gasteiger partial charge >= 0.3 is 0 Å². The van der Waals surface area contributed by atoms with Crippen LogP contribution in [0.25, 0.3) is 11.1 Å². The van der Waals surface area contributed by atoms with E-state index in [9.17, 15) is 13.2 Å². The minimum absolute atomic E-state index is 0.0396. The quantitative estimate of drug-likeness (QED) is 0.632. The average molecular weight is 277 g/mol. The van der Waals surface area contributed by atoms with Crippen LogP contribution in [-0.4, -0.2) is 10.2 Å². The Hall–Kier alpha value is -1.40. The fraction of sp³-hybridized carbons (Fsp3) is 0. The van der Waals surface area contributed by atoms with Gasteiger partial charge in [0.25, 0.3) is 0 Å². The molecule has 7 heteroatoms. The molecule has 0 aliphatic rings. The molecular formula is C10H4ClF3N2S. The second-order valence-corrected chi connectivity index (χ2v) is 3.95. The third-order valence-corrected chi connectivity index (χ3v) is 2.60. The number of halogens is 4. The van der Waals surface area contributed by atoms with Gasteiger partial charge in [-0.15, -0.1) is 0 Å². The van der Waals surface area contributed by atoms with Crippen LogP contribution >= 0.6 is 23.8 Å². The molecule has 2 nitrogen and oxygen atoms in total. The average Bonchev–Trinajstić information content (AvgIpc) is 2.30. The molecule has 0 fully saturated rings. The summed E-state index contributed by atoms with van der Waals surface area (Å²) in [4.78, 5) is 0. The Balaban J connectivity index is 2.73. The number of hydrogen-bond donors (Lipinski definition) is 1. The lowest BCUT2D eigenvalue weighted by atomic mass is 10.1. The first kappa shape index (κ1) is 12.1. The van der Waals surface area contributed by atoms with Crippen LogP contribution < -0.4 is 0 Å². The fourth-order valence-electron chi connectivity index (χ4n) is 1.32. The van der Waals surface area contributed by atoms with E-state index < -0.39 is 17.5 Å². The van der Waals surface area contributed by atoms with Gasteiger partial charge in [-0.25, -0.2) is 13.2 Å². The zero-order valence-electron chi connectivity index (χ0n) is 8.10. The van der Waals surface area contributed by atoms with Crippen molar-refractivity contribution in [1.29, 1.82) is 0 Å². The van der Waals surface area contributed by atoms with Crippen molar-refractivity contribution >= 4 is 23.8 Å². The van der Waals surface area contributed by atoms with Crippen molar-refractivity contribution in [2.24, 2.45) is 0 Å². The van der Waals surface area contributed by atoms with Crippen molar-refractivity contribution in [2.75, 3.05) is 0 Å². The smallest absolute Gasteiger partial charge is 0.195 e. The van der Waals surface area contributed by atoms with E-state index in [2.05, 4.69) is 10.2 Å². The van der Waals surface area contributed by atoms with Crippen LogP contribution in [0.4, 0.5) is 13.2 Å². The van der Waals surface area contributed by atoms with E-state index in [0.717, 1.165) is 12.1 Å². The molecule has 1 N–H and O–H groups in total. The van der Waals surface area contributed by atoms with Crippen LogP contribution in [0.3, 0.4) is 0 Å². The zero-order chi connectivity index (χ0) is 12.6. The van der Waals surface area contributed by atoms with Crippen molar-refractivity contribution in [2.45, 2.75) is 0 Å². The summed E-state index contributed by atoms with van der Waals surface area (Å²) < 4.78 is 39.4. The normalized spacial score (nSPS) is 10.6. The monoisotopic (exact) mass is 276 g/mol. The van der Waals surface area contributed by atoms with Gasteiger partial charge in [-0.1, -0.05) is 23.8 Å². The molecule has 1 aromatic heterocycles. The zero-order valence-corrected chi connectivity index (χ0v) is 9.67. The Kier molecular flexibility index (Phi) is 3.17. The van der Waals surface area contributed by atoms with Crippen molar-refractivity contribution in [3.8, 4) is 11.1 Å². The van der Waals surface area contributed by atoms with E-state index in [-0.39, 0.29) is 20.9 Å². The molecule has 2 aromatic rings. The highest BCUT2D eigenvalue weighted by atomic mass is 35.5. The van der Waals surface area contributed by atoms with Gasteiger partial charge in [0.2, 0.25) is 0 Å². The second kappa shape index (κ2) is 4.46. The molecule has 0 saturated heterocycles. The molecular weight excluding hydrogens is 273 g/mol. The molecule has 0 atom stereocenters. The summed E-state index contributed by atoms with van der Waals surface area (Å²) in [5.41, 5.74) is -0.0224. The van der Waals surface area contributed by atoms with Gasteiger partial charge in [-0.2, -0.15) is 5.10 Å². The van der Waals surface area contributed by atoms with Gasteiger partial charge < -0.3 is 0 Å². The lowest BCUT2D eigenvalue weighted by Gasteiger charge is -2.05. The maximum Gasteiger partial charge on any atom is 0.195 e. The third-order valence-electron chi connectivity index (χ3n) is 2.10. The van der Waals surface area contributed by atoms with Crippen LogP contribution in [0.1, 0.15) is 0 Å². The number of hydrogen-bond acceptors (Lipinski definition) is 2. The number of nitrogens with zero attached hydrogens (tertiary/aromatic N) is 1. The van der Waals surface area contributed by atoms with Gasteiger partial charge in [0.1, 0.15) is 9.79 Å². The molecule has 0 aliphatic carbocycles. The van der Waals surface area contributed by atoms with Crippen molar-refractivity contribution in [3.63, 3.8) is 0 Å². The lowest BCUT2D eigenvalue weighted by molar-refractivity contribution is 0.449. The molecule has 17 heavy (non-hydrogen) atoms. The number of rotatable bonds is 1. The van der Waals surface area contributed by atoms with Gasteiger partial charge in [-0.3, -0.25) is 5.10 Å². The summed E-state index contributed by atoms with van der Waals surface area (Å²) in [5, 5.41) is 6.00. The number of H-pyrrole nitrogens is 1. The summed E-state index contributed by atoms with van der Waals surface area (Å²) >= 11 is 10.5. The largest absolute Gasteiger partial charge is 0.266 e. The first-order chi connectivity index (χ1) is 8.00. The van der Waals surface area contributed by atoms with E-state index in [1.165, 1.54) is 6.07 Å². The van der Waals surface area contributed by atoms with Crippen LogP contribution in [0.15, 0.2) is 18.2 Å². The van der Waals surface area contributed by atoms with Gasteiger partial charge in [0, 0.05) is 11.1 Å². The van der Waals surface area contributed by atoms with E-state index in [1.807, 2.05) is 0 Å². The Labute approximate surface area is 104 Å². The highest BCUT2D eigenvalue weighted by Gasteiger charge is 2.16. The summed E-state index contributed by atoms with van der Waals surface area (Å²) in [6.45, 7) is 0. The number of benzene rings is 1. The molecule has 1 aromatic carbocycles. The minimum atomic E-state index is -1.55. The Morgan fingerprint density at radius 1 is 1.12 bits per heavy atom. The predicted molar refractivity (Wildman–Crippen MR) is 59.7 cm³/mol. The summed E-state index contributed by atoms with van der Waals surface area (Å²) in [7, 11) is 0. The van der Waals surface area contributed by atoms with Crippen molar-refractivity contribution < 1.29 is 13.2 Å². The molecule has 0 spiro atoms. The maximum atomic E-state index is 13.5. The molecule has 0 radical (unpaired) electrons. The Morgan fingerprint density at radius 2 is 1.82 bits per heavy atom. The number of nitrogens with one attached hydrogen (secondary N) is 1. The molecule has 0 bridgehead atoms. The minimum Gasteiger partial charge on any atom is -0.266 e. The fourth-order valence-corrected chi connectivity index (χ4v) is 1.68. The topological polar surface area (TPSA) is 28.7 Å². The molecule has 1 heterocycles.